The number of rotatable bonds is 3. The smallest absolute Gasteiger partial charge is 0.182 e. The van der Waals surface area contributed by atoms with E-state index in [-0.39, 0.29) is 6.29 Å². The second-order valence-electron chi connectivity index (χ2n) is 1.04. The molecule has 44 valence electrons. The Balaban J connectivity index is 2.98. The fourth-order valence-electron chi connectivity index (χ4n) is 0.134. The lowest BCUT2D eigenvalue weighted by Gasteiger charge is -2.02. The molecule has 0 radical (unpaired) electrons. The van der Waals surface area contributed by atoms with Gasteiger partial charge in [0.2, 0.25) is 0 Å². The SMILES string of the molecule is COC(C)O[PH2]=O. The Hall–Kier alpha value is 0.150. The third kappa shape index (κ3) is 3.99. The fourth-order valence-corrected chi connectivity index (χ4v) is 0.401. The van der Waals surface area contributed by atoms with Gasteiger partial charge in [-0.1, -0.05) is 0 Å². The van der Waals surface area contributed by atoms with Crippen molar-refractivity contribution in [2.24, 2.45) is 0 Å². The highest BCUT2D eigenvalue weighted by molar-refractivity contribution is 7.17. The van der Waals surface area contributed by atoms with Crippen molar-refractivity contribution in [3.05, 3.63) is 0 Å². The zero-order valence-corrected chi connectivity index (χ0v) is 5.53. The van der Waals surface area contributed by atoms with Crippen LogP contribution in [-0.4, -0.2) is 13.4 Å². The summed E-state index contributed by atoms with van der Waals surface area (Å²) in [7, 11) is 0.375. The molecule has 0 saturated carbocycles. The monoisotopic (exact) mass is 124 g/mol. The summed E-state index contributed by atoms with van der Waals surface area (Å²) in [5.41, 5.74) is 0. The van der Waals surface area contributed by atoms with E-state index in [2.05, 4.69) is 9.26 Å². The van der Waals surface area contributed by atoms with Crippen LogP contribution < -0.4 is 0 Å². The minimum Gasteiger partial charge on any atom is -0.356 e. The summed E-state index contributed by atoms with van der Waals surface area (Å²) in [6.45, 7) is 1.69. The van der Waals surface area contributed by atoms with Crippen molar-refractivity contribution in [3.63, 3.8) is 0 Å². The van der Waals surface area contributed by atoms with Gasteiger partial charge in [0.1, 0.15) is 0 Å². The second kappa shape index (κ2) is 4.31. The Morgan fingerprint density at radius 3 is 2.43 bits per heavy atom. The van der Waals surface area contributed by atoms with E-state index in [9.17, 15) is 4.57 Å². The van der Waals surface area contributed by atoms with Gasteiger partial charge in [-0.3, -0.25) is 4.57 Å². The summed E-state index contributed by atoms with van der Waals surface area (Å²) in [4.78, 5) is 0. The van der Waals surface area contributed by atoms with Gasteiger partial charge in [-0.2, -0.15) is 0 Å². The third-order valence-electron chi connectivity index (χ3n) is 0.579. The van der Waals surface area contributed by atoms with Gasteiger partial charge in [-0.25, -0.2) is 0 Å². The number of ether oxygens (including phenoxy) is 1. The van der Waals surface area contributed by atoms with Crippen molar-refractivity contribution in [2.45, 2.75) is 13.2 Å². The van der Waals surface area contributed by atoms with E-state index < -0.39 is 8.69 Å². The standard InChI is InChI=1S/C3H9O3P/c1-3(5-2)6-7-4/h3H,7H2,1-2H3. The molecular weight excluding hydrogens is 115 g/mol. The molecule has 0 aromatic carbocycles. The van der Waals surface area contributed by atoms with E-state index in [1.165, 1.54) is 7.11 Å². The molecule has 0 heterocycles. The molecule has 4 heteroatoms. The first-order valence-corrected chi connectivity index (χ1v) is 2.87. The van der Waals surface area contributed by atoms with Crippen LogP contribution in [0.3, 0.4) is 0 Å². The average molecular weight is 124 g/mol. The minimum absolute atomic E-state index is 0.326. The molecule has 0 aliphatic heterocycles. The fraction of sp³-hybridized carbons (Fsp3) is 1.00. The molecule has 0 fully saturated rings. The lowest BCUT2D eigenvalue weighted by atomic mass is 10.8. The highest BCUT2D eigenvalue weighted by Gasteiger charge is 1.91. The lowest BCUT2D eigenvalue weighted by molar-refractivity contribution is -0.0299. The normalized spacial score (nSPS) is 15.7. The van der Waals surface area contributed by atoms with Crippen molar-refractivity contribution in [2.75, 3.05) is 7.11 Å². The Kier molecular flexibility index (Phi) is 4.41. The molecule has 0 aliphatic carbocycles. The van der Waals surface area contributed by atoms with E-state index in [4.69, 9.17) is 0 Å². The van der Waals surface area contributed by atoms with Crippen LogP contribution in [0.15, 0.2) is 0 Å². The van der Waals surface area contributed by atoms with Crippen LogP contribution in [0.5, 0.6) is 0 Å². The van der Waals surface area contributed by atoms with Crippen molar-refractivity contribution in [1.82, 2.24) is 0 Å². The van der Waals surface area contributed by atoms with Crippen LogP contribution in [0.4, 0.5) is 0 Å². The Bertz CT molecular complexity index is 56.1. The molecule has 0 saturated heterocycles. The van der Waals surface area contributed by atoms with Crippen LogP contribution in [0.25, 0.3) is 0 Å². The van der Waals surface area contributed by atoms with Crippen LogP contribution in [0.1, 0.15) is 6.92 Å². The molecule has 0 N–H and O–H groups in total. The van der Waals surface area contributed by atoms with E-state index in [1.807, 2.05) is 0 Å². The topological polar surface area (TPSA) is 35.5 Å². The maximum Gasteiger partial charge on any atom is 0.182 e. The minimum atomic E-state index is -1.12. The quantitative estimate of drug-likeness (QED) is 0.409. The van der Waals surface area contributed by atoms with E-state index in [1.54, 1.807) is 6.92 Å². The number of hydrogen-bond acceptors (Lipinski definition) is 3. The summed E-state index contributed by atoms with van der Waals surface area (Å²) < 4.78 is 18.8. The zero-order chi connectivity index (χ0) is 5.70. The maximum atomic E-state index is 9.68. The van der Waals surface area contributed by atoms with Gasteiger partial charge in [0.15, 0.2) is 15.0 Å². The first kappa shape index (κ1) is 7.15. The molecule has 3 nitrogen and oxygen atoms in total. The number of hydrogen-bond donors (Lipinski definition) is 0. The van der Waals surface area contributed by atoms with Crippen LogP contribution in [-0.2, 0) is 13.8 Å². The average Bonchev–Trinajstić information content (AvgIpc) is 1.68. The van der Waals surface area contributed by atoms with Gasteiger partial charge < -0.3 is 9.26 Å². The van der Waals surface area contributed by atoms with Gasteiger partial charge >= 0.3 is 0 Å². The van der Waals surface area contributed by atoms with Crippen molar-refractivity contribution in [1.29, 1.82) is 0 Å². The highest BCUT2D eigenvalue weighted by atomic mass is 31.1. The van der Waals surface area contributed by atoms with Crippen molar-refractivity contribution < 1.29 is 13.8 Å². The maximum absolute atomic E-state index is 9.68. The summed E-state index contributed by atoms with van der Waals surface area (Å²) in [5, 5.41) is 0. The molecule has 0 bridgehead atoms. The Morgan fingerprint density at radius 2 is 2.29 bits per heavy atom. The summed E-state index contributed by atoms with van der Waals surface area (Å²) in [6.07, 6.45) is -0.326. The van der Waals surface area contributed by atoms with Gasteiger partial charge in [-0.05, 0) is 6.92 Å². The summed E-state index contributed by atoms with van der Waals surface area (Å²) in [6, 6.07) is 0. The van der Waals surface area contributed by atoms with Crippen LogP contribution in [0, 0.1) is 0 Å². The van der Waals surface area contributed by atoms with Crippen LogP contribution >= 0.6 is 8.69 Å². The van der Waals surface area contributed by atoms with Gasteiger partial charge in [0, 0.05) is 7.11 Å². The third-order valence-corrected chi connectivity index (χ3v) is 1.07. The first-order chi connectivity index (χ1) is 3.31. The van der Waals surface area contributed by atoms with Gasteiger partial charge in [0.25, 0.3) is 0 Å². The molecule has 0 aromatic rings. The molecular formula is C3H9O3P. The zero-order valence-electron chi connectivity index (χ0n) is 4.38. The largest absolute Gasteiger partial charge is 0.356 e. The predicted octanol–water partition coefficient (Wildman–Crippen LogP) is 0.667. The van der Waals surface area contributed by atoms with Gasteiger partial charge in [-0.15, -0.1) is 0 Å². The Labute approximate surface area is 43.9 Å². The predicted molar refractivity (Wildman–Crippen MR) is 28.0 cm³/mol. The molecule has 0 aliphatic rings. The molecule has 7 heavy (non-hydrogen) atoms. The molecule has 0 aromatic heterocycles. The Morgan fingerprint density at radius 1 is 1.71 bits per heavy atom. The first-order valence-electron chi connectivity index (χ1n) is 1.93. The van der Waals surface area contributed by atoms with E-state index >= 15 is 0 Å². The molecule has 2 atom stereocenters. The van der Waals surface area contributed by atoms with Crippen molar-refractivity contribution in [3.8, 4) is 0 Å². The van der Waals surface area contributed by atoms with Crippen molar-refractivity contribution >= 4 is 8.69 Å². The second-order valence-corrected chi connectivity index (χ2v) is 1.50. The molecule has 2 unspecified atom stereocenters. The van der Waals surface area contributed by atoms with E-state index in [0.29, 0.717) is 0 Å². The molecule has 0 spiro atoms. The van der Waals surface area contributed by atoms with Gasteiger partial charge in [0.05, 0.1) is 0 Å². The summed E-state index contributed by atoms with van der Waals surface area (Å²) >= 11 is 0. The highest BCUT2D eigenvalue weighted by Crippen LogP contribution is 2.00. The van der Waals surface area contributed by atoms with Crippen LogP contribution in [0.2, 0.25) is 0 Å². The summed E-state index contributed by atoms with van der Waals surface area (Å²) in [5.74, 6) is 0. The number of methoxy groups -OCH3 is 1. The van der Waals surface area contributed by atoms with E-state index in [0.717, 1.165) is 0 Å². The lowest BCUT2D eigenvalue weighted by Crippen LogP contribution is -2.02. The molecule has 0 amide bonds. The molecule has 0 rings (SSSR count).